The average Bonchev–Trinajstić information content (AvgIpc) is 2.14. The Morgan fingerprint density at radius 2 is 1.88 bits per heavy atom. The third kappa shape index (κ3) is 3.28. The maximum atomic E-state index is 11.0. The largest absolute Gasteiger partial charge is 0.497 e. The summed E-state index contributed by atoms with van der Waals surface area (Å²) in [5, 5.41) is 0. The minimum absolute atomic E-state index is 0.282. The van der Waals surface area contributed by atoms with Gasteiger partial charge in [0.15, 0.2) is 0 Å². The molecule has 90 valence electrons. The molecular formula is C10H13ClO4S. The van der Waals surface area contributed by atoms with Crippen molar-refractivity contribution in [3.8, 4) is 11.5 Å². The third-order valence-electron chi connectivity index (χ3n) is 2.09. The molecule has 1 rings (SSSR count). The van der Waals surface area contributed by atoms with Gasteiger partial charge in [-0.3, -0.25) is 0 Å². The summed E-state index contributed by atoms with van der Waals surface area (Å²) < 4.78 is 32.3. The van der Waals surface area contributed by atoms with Crippen LogP contribution in [-0.2, 0) is 14.8 Å². The molecule has 0 radical (unpaired) electrons. The van der Waals surface area contributed by atoms with Gasteiger partial charge in [-0.2, -0.15) is 0 Å². The molecule has 0 saturated carbocycles. The normalized spacial score (nSPS) is 11.2. The number of rotatable bonds is 4. The van der Waals surface area contributed by atoms with Crippen molar-refractivity contribution in [3.63, 3.8) is 0 Å². The Bertz CT molecular complexity index is 482. The van der Waals surface area contributed by atoms with Gasteiger partial charge in [0.25, 0.3) is 0 Å². The molecule has 0 spiro atoms. The van der Waals surface area contributed by atoms with E-state index < -0.39 is 9.05 Å². The first-order valence-corrected chi connectivity index (χ1v) is 6.99. The van der Waals surface area contributed by atoms with E-state index >= 15 is 0 Å². The Morgan fingerprint density at radius 1 is 1.25 bits per heavy atom. The predicted octanol–water partition coefficient (Wildman–Crippen LogP) is 2.08. The summed E-state index contributed by atoms with van der Waals surface area (Å²) in [6.07, 6.45) is 0. The highest BCUT2D eigenvalue weighted by Gasteiger charge is 2.15. The van der Waals surface area contributed by atoms with Gasteiger partial charge in [-0.05, 0) is 24.6 Å². The van der Waals surface area contributed by atoms with Gasteiger partial charge >= 0.3 is 0 Å². The molecule has 0 aliphatic heterocycles. The second-order valence-corrected chi connectivity index (χ2v) is 6.10. The van der Waals surface area contributed by atoms with E-state index in [1.807, 2.05) is 6.92 Å². The summed E-state index contributed by atoms with van der Waals surface area (Å²) in [6, 6.07) is 3.37. The molecule has 1 aromatic rings. The summed E-state index contributed by atoms with van der Waals surface area (Å²) >= 11 is 0. The molecule has 0 heterocycles. The fourth-order valence-electron chi connectivity index (χ4n) is 1.51. The Hall–Kier alpha value is -0.940. The van der Waals surface area contributed by atoms with E-state index in [0.717, 1.165) is 5.56 Å². The highest BCUT2D eigenvalue weighted by atomic mass is 35.7. The zero-order chi connectivity index (χ0) is 12.3. The van der Waals surface area contributed by atoms with Crippen LogP contribution in [0.15, 0.2) is 12.1 Å². The molecule has 4 nitrogen and oxygen atoms in total. The molecule has 16 heavy (non-hydrogen) atoms. The minimum atomic E-state index is -3.61. The van der Waals surface area contributed by atoms with Crippen LogP contribution in [0, 0.1) is 6.92 Å². The summed E-state index contributed by atoms with van der Waals surface area (Å²) in [5.74, 6) is 0.814. The van der Waals surface area contributed by atoms with Crippen LogP contribution in [-0.4, -0.2) is 22.6 Å². The van der Waals surface area contributed by atoms with E-state index in [-0.39, 0.29) is 5.75 Å². The van der Waals surface area contributed by atoms with Crippen molar-refractivity contribution in [2.24, 2.45) is 0 Å². The number of aryl methyl sites for hydroxylation is 1. The number of hydrogen-bond donors (Lipinski definition) is 0. The van der Waals surface area contributed by atoms with E-state index in [1.54, 1.807) is 12.1 Å². The van der Waals surface area contributed by atoms with Gasteiger partial charge in [-0.1, -0.05) is 0 Å². The third-order valence-corrected chi connectivity index (χ3v) is 3.08. The van der Waals surface area contributed by atoms with E-state index in [0.29, 0.717) is 17.1 Å². The quantitative estimate of drug-likeness (QED) is 0.782. The summed E-state index contributed by atoms with van der Waals surface area (Å²) in [4.78, 5) is 0. The Labute approximate surface area is 99.6 Å². The number of methoxy groups -OCH3 is 2. The molecule has 0 amide bonds. The Morgan fingerprint density at radius 3 is 2.31 bits per heavy atom. The standard InChI is InChI=1S/C10H13ClO4S/c1-7-4-9(14-2)5-8(10(7)15-3)6-16(11,12)13/h4-5H,6H2,1-3H3. The van der Waals surface area contributed by atoms with Crippen molar-refractivity contribution in [2.45, 2.75) is 12.7 Å². The van der Waals surface area contributed by atoms with Crippen LogP contribution in [0.3, 0.4) is 0 Å². The SMILES string of the molecule is COc1cc(C)c(OC)c(CS(=O)(=O)Cl)c1. The van der Waals surface area contributed by atoms with E-state index in [2.05, 4.69) is 0 Å². The number of halogens is 1. The topological polar surface area (TPSA) is 52.6 Å². The van der Waals surface area contributed by atoms with Gasteiger partial charge in [0.05, 0.1) is 20.0 Å². The van der Waals surface area contributed by atoms with Crippen LogP contribution in [0.4, 0.5) is 0 Å². The first-order valence-electron chi connectivity index (χ1n) is 4.51. The Balaban J connectivity index is 3.28. The zero-order valence-electron chi connectivity index (χ0n) is 9.28. The van der Waals surface area contributed by atoms with Crippen LogP contribution in [0.25, 0.3) is 0 Å². The zero-order valence-corrected chi connectivity index (χ0v) is 10.9. The summed E-state index contributed by atoms with van der Waals surface area (Å²) in [7, 11) is 4.60. The molecule has 1 aromatic carbocycles. The smallest absolute Gasteiger partial charge is 0.236 e. The second-order valence-electron chi connectivity index (χ2n) is 3.32. The van der Waals surface area contributed by atoms with E-state index in [1.165, 1.54) is 14.2 Å². The first-order chi connectivity index (χ1) is 7.37. The van der Waals surface area contributed by atoms with E-state index in [4.69, 9.17) is 20.2 Å². The number of benzene rings is 1. The lowest BCUT2D eigenvalue weighted by molar-refractivity contribution is 0.397. The molecule has 6 heteroatoms. The maximum Gasteiger partial charge on any atom is 0.236 e. The molecule has 0 fully saturated rings. The van der Waals surface area contributed by atoms with Crippen LogP contribution in [0.5, 0.6) is 11.5 Å². The fourth-order valence-corrected chi connectivity index (χ4v) is 2.45. The molecule has 0 aromatic heterocycles. The minimum Gasteiger partial charge on any atom is -0.497 e. The van der Waals surface area contributed by atoms with Crippen molar-refractivity contribution < 1.29 is 17.9 Å². The summed E-state index contributed by atoms with van der Waals surface area (Å²) in [6.45, 7) is 1.81. The molecule has 0 bridgehead atoms. The van der Waals surface area contributed by atoms with Crippen LogP contribution in [0.2, 0.25) is 0 Å². The highest BCUT2D eigenvalue weighted by molar-refractivity contribution is 8.13. The lowest BCUT2D eigenvalue weighted by atomic mass is 10.1. The molecule has 0 saturated heterocycles. The monoisotopic (exact) mass is 264 g/mol. The fraction of sp³-hybridized carbons (Fsp3) is 0.400. The second kappa shape index (κ2) is 4.93. The molecule has 0 atom stereocenters. The molecule has 0 aliphatic rings. The van der Waals surface area contributed by atoms with Gasteiger partial charge in [-0.15, -0.1) is 0 Å². The highest BCUT2D eigenvalue weighted by Crippen LogP contribution is 2.30. The van der Waals surface area contributed by atoms with Crippen molar-refractivity contribution in [3.05, 3.63) is 23.3 Å². The predicted molar refractivity (Wildman–Crippen MR) is 62.8 cm³/mol. The van der Waals surface area contributed by atoms with Crippen LogP contribution in [0.1, 0.15) is 11.1 Å². The van der Waals surface area contributed by atoms with Crippen molar-refractivity contribution >= 4 is 19.7 Å². The van der Waals surface area contributed by atoms with Crippen molar-refractivity contribution in [1.82, 2.24) is 0 Å². The van der Waals surface area contributed by atoms with Gasteiger partial charge in [0.2, 0.25) is 9.05 Å². The summed E-state index contributed by atoms with van der Waals surface area (Å²) in [5.41, 5.74) is 1.30. The molecule has 0 unspecified atom stereocenters. The van der Waals surface area contributed by atoms with Crippen molar-refractivity contribution in [2.75, 3.05) is 14.2 Å². The number of hydrogen-bond acceptors (Lipinski definition) is 4. The van der Waals surface area contributed by atoms with Gasteiger partial charge in [-0.25, -0.2) is 8.42 Å². The van der Waals surface area contributed by atoms with Gasteiger partial charge < -0.3 is 9.47 Å². The average molecular weight is 265 g/mol. The van der Waals surface area contributed by atoms with E-state index in [9.17, 15) is 8.42 Å². The molecular weight excluding hydrogens is 252 g/mol. The van der Waals surface area contributed by atoms with Crippen LogP contribution < -0.4 is 9.47 Å². The lowest BCUT2D eigenvalue weighted by Gasteiger charge is -2.12. The first kappa shape index (κ1) is 13.1. The lowest BCUT2D eigenvalue weighted by Crippen LogP contribution is -2.01. The Kier molecular flexibility index (Phi) is 4.04. The van der Waals surface area contributed by atoms with Crippen LogP contribution >= 0.6 is 10.7 Å². The number of ether oxygens (including phenoxy) is 2. The van der Waals surface area contributed by atoms with Gasteiger partial charge in [0, 0.05) is 16.2 Å². The van der Waals surface area contributed by atoms with Crippen molar-refractivity contribution in [1.29, 1.82) is 0 Å². The molecule has 0 aliphatic carbocycles. The van der Waals surface area contributed by atoms with Gasteiger partial charge in [0.1, 0.15) is 11.5 Å². The maximum absolute atomic E-state index is 11.0. The molecule has 0 N–H and O–H groups in total.